The Morgan fingerprint density at radius 1 is 1.56 bits per heavy atom. The molecular weight excluding hydrogens is 368 g/mol. The normalized spacial score (nSPS) is 10.7. The van der Waals surface area contributed by atoms with Gasteiger partial charge in [-0.15, -0.1) is 0 Å². The van der Waals surface area contributed by atoms with E-state index in [9.17, 15) is 4.79 Å². The third-order valence-electron chi connectivity index (χ3n) is 2.54. The number of rotatable bonds is 3. The van der Waals surface area contributed by atoms with Crippen LogP contribution in [0.5, 0.6) is 5.75 Å². The van der Waals surface area contributed by atoms with Gasteiger partial charge in [-0.1, -0.05) is 11.6 Å². The van der Waals surface area contributed by atoms with E-state index in [0.29, 0.717) is 10.8 Å². The Kier molecular flexibility index (Phi) is 3.96. The lowest BCUT2D eigenvalue weighted by Crippen LogP contribution is -2.15. The number of nitrogens with one attached hydrogen (secondary N) is 1. The van der Waals surface area contributed by atoms with Gasteiger partial charge in [-0.3, -0.25) is 4.57 Å². The van der Waals surface area contributed by atoms with Crippen LogP contribution >= 0.6 is 34.2 Å². The molecule has 1 N–H and O–H groups in total. The van der Waals surface area contributed by atoms with Gasteiger partial charge in [0.15, 0.2) is 5.82 Å². The first-order chi connectivity index (χ1) is 8.49. The fourth-order valence-electron chi connectivity index (χ4n) is 1.39. The number of aryl methyl sites for hydroxylation is 1. The van der Waals surface area contributed by atoms with E-state index in [0.717, 1.165) is 14.9 Å². The SMILES string of the molecule is Cc1cc(OCc2n[nH]c(=O)n2C)c(I)cc1Cl. The van der Waals surface area contributed by atoms with Gasteiger partial charge in [0.25, 0.3) is 0 Å². The smallest absolute Gasteiger partial charge is 0.343 e. The minimum Gasteiger partial charge on any atom is -0.484 e. The van der Waals surface area contributed by atoms with Crippen molar-refractivity contribution >= 4 is 34.2 Å². The molecule has 0 fully saturated rings. The molecule has 0 aliphatic rings. The van der Waals surface area contributed by atoms with Crippen LogP contribution in [0.25, 0.3) is 0 Å². The van der Waals surface area contributed by atoms with Crippen LogP contribution in [0, 0.1) is 10.5 Å². The summed E-state index contributed by atoms with van der Waals surface area (Å²) in [5.41, 5.74) is 0.693. The van der Waals surface area contributed by atoms with Crippen molar-refractivity contribution in [3.63, 3.8) is 0 Å². The first-order valence-electron chi connectivity index (χ1n) is 5.17. The van der Waals surface area contributed by atoms with Gasteiger partial charge in [-0.25, -0.2) is 9.89 Å². The van der Waals surface area contributed by atoms with E-state index in [1.807, 2.05) is 19.1 Å². The first-order valence-corrected chi connectivity index (χ1v) is 6.63. The summed E-state index contributed by atoms with van der Waals surface area (Å²) in [7, 11) is 1.64. The van der Waals surface area contributed by atoms with E-state index in [-0.39, 0.29) is 12.3 Å². The van der Waals surface area contributed by atoms with Crippen molar-refractivity contribution in [1.82, 2.24) is 14.8 Å². The number of hydrogen-bond acceptors (Lipinski definition) is 3. The molecule has 5 nitrogen and oxygen atoms in total. The highest BCUT2D eigenvalue weighted by Gasteiger charge is 2.08. The van der Waals surface area contributed by atoms with E-state index in [2.05, 4.69) is 32.8 Å². The monoisotopic (exact) mass is 379 g/mol. The topological polar surface area (TPSA) is 59.9 Å². The molecule has 0 unspecified atom stereocenters. The fraction of sp³-hybridized carbons (Fsp3) is 0.273. The second-order valence-electron chi connectivity index (χ2n) is 3.82. The number of halogens is 2. The minimum atomic E-state index is -0.254. The van der Waals surface area contributed by atoms with Crippen LogP contribution in [-0.2, 0) is 13.7 Å². The largest absolute Gasteiger partial charge is 0.484 e. The summed E-state index contributed by atoms with van der Waals surface area (Å²) < 4.78 is 7.98. The van der Waals surface area contributed by atoms with Crippen LogP contribution in [0.3, 0.4) is 0 Å². The zero-order valence-corrected chi connectivity index (χ0v) is 12.7. The van der Waals surface area contributed by atoms with Crippen LogP contribution in [0.4, 0.5) is 0 Å². The maximum Gasteiger partial charge on any atom is 0.343 e. The van der Waals surface area contributed by atoms with E-state index in [1.165, 1.54) is 4.57 Å². The second kappa shape index (κ2) is 5.31. The molecule has 1 heterocycles. The lowest BCUT2D eigenvalue weighted by atomic mass is 10.2. The van der Waals surface area contributed by atoms with Crippen LogP contribution in [-0.4, -0.2) is 14.8 Å². The molecule has 7 heteroatoms. The average Bonchev–Trinajstić information content (AvgIpc) is 2.63. The van der Waals surface area contributed by atoms with Crippen molar-refractivity contribution in [2.24, 2.45) is 7.05 Å². The molecule has 18 heavy (non-hydrogen) atoms. The Morgan fingerprint density at radius 2 is 2.28 bits per heavy atom. The van der Waals surface area contributed by atoms with E-state index < -0.39 is 0 Å². The maximum absolute atomic E-state index is 11.2. The standard InChI is InChI=1S/C11H11ClIN3O2/c1-6-3-9(8(13)4-7(6)12)18-5-10-14-15-11(17)16(10)2/h3-4H,5H2,1-2H3,(H,15,17). The van der Waals surface area contributed by atoms with Crippen molar-refractivity contribution < 1.29 is 4.74 Å². The van der Waals surface area contributed by atoms with Crippen molar-refractivity contribution in [2.45, 2.75) is 13.5 Å². The number of benzene rings is 1. The molecule has 0 bridgehead atoms. The number of hydrogen-bond donors (Lipinski definition) is 1. The van der Waals surface area contributed by atoms with Crippen molar-refractivity contribution in [1.29, 1.82) is 0 Å². The lowest BCUT2D eigenvalue weighted by molar-refractivity contribution is 0.288. The zero-order chi connectivity index (χ0) is 13.3. The van der Waals surface area contributed by atoms with E-state index >= 15 is 0 Å². The third kappa shape index (κ3) is 2.69. The number of nitrogens with zero attached hydrogens (tertiary/aromatic N) is 2. The van der Waals surface area contributed by atoms with Crippen molar-refractivity contribution in [3.05, 3.63) is 42.6 Å². The first kappa shape index (κ1) is 13.4. The van der Waals surface area contributed by atoms with Crippen molar-refractivity contribution in [2.75, 3.05) is 0 Å². The number of ether oxygens (including phenoxy) is 1. The maximum atomic E-state index is 11.2. The van der Waals surface area contributed by atoms with E-state index in [1.54, 1.807) is 7.05 Å². The molecule has 0 aliphatic heterocycles. The predicted octanol–water partition coefficient (Wildman–Crippen LogP) is 2.25. The highest BCUT2D eigenvalue weighted by molar-refractivity contribution is 14.1. The number of aromatic nitrogens is 3. The molecule has 2 aromatic rings. The second-order valence-corrected chi connectivity index (χ2v) is 5.39. The van der Waals surface area contributed by atoms with Gasteiger partial charge in [-0.05, 0) is 47.2 Å². The quantitative estimate of drug-likeness (QED) is 0.832. The van der Waals surface area contributed by atoms with Crippen LogP contribution in [0.15, 0.2) is 16.9 Å². The number of H-pyrrole nitrogens is 1. The third-order valence-corrected chi connectivity index (χ3v) is 3.79. The van der Waals surface area contributed by atoms with Crippen molar-refractivity contribution in [3.8, 4) is 5.75 Å². The summed E-state index contributed by atoms with van der Waals surface area (Å²) in [6, 6.07) is 3.71. The fourth-order valence-corrected chi connectivity index (χ4v) is 2.36. The van der Waals surface area contributed by atoms with Crippen LogP contribution < -0.4 is 10.4 Å². The summed E-state index contributed by atoms with van der Waals surface area (Å²) >= 11 is 8.16. The molecule has 0 radical (unpaired) electrons. The summed E-state index contributed by atoms with van der Waals surface area (Å²) in [5.74, 6) is 1.27. The summed E-state index contributed by atoms with van der Waals surface area (Å²) in [6.45, 7) is 2.14. The molecular formula is C11H11ClIN3O2. The van der Waals surface area contributed by atoms with Gasteiger partial charge in [-0.2, -0.15) is 5.10 Å². The van der Waals surface area contributed by atoms with Gasteiger partial charge in [0.2, 0.25) is 0 Å². The molecule has 1 aromatic heterocycles. The van der Waals surface area contributed by atoms with Gasteiger partial charge in [0, 0.05) is 12.1 Å². The Morgan fingerprint density at radius 3 is 2.89 bits per heavy atom. The highest BCUT2D eigenvalue weighted by atomic mass is 127. The van der Waals surface area contributed by atoms with Gasteiger partial charge < -0.3 is 4.74 Å². The van der Waals surface area contributed by atoms with Crippen LogP contribution in [0.2, 0.25) is 5.02 Å². The molecule has 2 rings (SSSR count). The molecule has 0 atom stereocenters. The van der Waals surface area contributed by atoms with Gasteiger partial charge in [0.05, 0.1) is 3.57 Å². The van der Waals surface area contributed by atoms with Gasteiger partial charge in [0.1, 0.15) is 12.4 Å². The Balaban J connectivity index is 2.18. The summed E-state index contributed by atoms with van der Waals surface area (Å²) in [6.07, 6.45) is 0. The minimum absolute atomic E-state index is 0.228. The predicted molar refractivity (Wildman–Crippen MR) is 77.1 cm³/mol. The number of aromatic amines is 1. The highest BCUT2D eigenvalue weighted by Crippen LogP contribution is 2.28. The average molecular weight is 380 g/mol. The molecule has 0 amide bonds. The van der Waals surface area contributed by atoms with E-state index in [4.69, 9.17) is 16.3 Å². The lowest BCUT2D eigenvalue weighted by Gasteiger charge is -2.09. The molecule has 1 aromatic carbocycles. The van der Waals surface area contributed by atoms with Crippen LogP contribution in [0.1, 0.15) is 11.4 Å². The summed E-state index contributed by atoms with van der Waals surface area (Å²) in [4.78, 5) is 11.2. The molecule has 0 aliphatic carbocycles. The molecule has 96 valence electrons. The zero-order valence-electron chi connectivity index (χ0n) is 9.83. The summed E-state index contributed by atoms with van der Waals surface area (Å²) in [5, 5.41) is 6.94. The van der Waals surface area contributed by atoms with Gasteiger partial charge >= 0.3 is 5.69 Å². The molecule has 0 spiro atoms. The molecule has 0 saturated carbocycles. The Labute approximate surface area is 122 Å². The Bertz CT molecular complexity index is 636. The Hall–Kier alpha value is -1.02. The molecule has 0 saturated heterocycles.